The topological polar surface area (TPSA) is 24.9 Å². The first-order valence-corrected chi connectivity index (χ1v) is 6.28. The highest BCUT2D eigenvalue weighted by atomic mass is 35.5. The number of hydrogen-bond acceptors (Lipinski definition) is 2. The van der Waals surface area contributed by atoms with E-state index in [-0.39, 0.29) is 0 Å². The summed E-state index contributed by atoms with van der Waals surface area (Å²) < 4.78 is 0. The van der Waals surface area contributed by atoms with E-state index in [0.29, 0.717) is 10.1 Å². The molecule has 4 heteroatoms. The van der Waals surface area contributed by atoms with Crippen LogP contribution >= 0.6 is 23.2 Å². The average molecular weight is 269 g/mol. The number of nitrogens with one attached hydrogen (secondary N) is 1. The molecule has 90 valence electrons. The van der Waals surface area contributed by atoms with Gasteiger partial charge < -0.3 is 5.32 Å². The van der Waals surface area contributed by atoms with Gasteiger partial charge in [0, 0.05) is 11.2 Å². The van der Waals surface area contributed by atoms with E-state index >= 15 is 0 Å². The Bertz CT molecular complexity index is 504. The highest BCUT2D eigenvalue weighted by Crippen LogP contribution is 2.31. The van der Waals surface area contributed by atoms with Crippen molar-refractivity contribution in [2.24, 2.45) is 0 Å². The number of anilines is 1. The maximum atomic E-state index is 6.16. The van der Waals surface area contributed by atoms with E-state index in [9.17, 15) is 0 Å². The van der Waals surface area contributed by atoms with Crippen LogP contribution in [0.5, 0.6) is 0 Å². The van der Waals surface area contributed by atoms with Crippen molar-refractivity contribution < 1.29 is 0 Å². The standard InChI is InChI=1S/C13H14Cl2N2/c1-8-6-9(2)13(16-7-8)17-11-5-3-4-10(14)12(11)15/h5-7H,3-4H2,1-2H3,(H,16,17). The summed E-state index contributed by atoms with van der Waals surface area (Å²) >= 11 is 12.2. The molecule has 1 aliphatic rings. The van der Waals surface area contributed by atoms with Crippen LogP contribution in [0, 0.1) is 13.8 Å². The Balaban J connectivity index is 2.24. The second-order valence-corrected chi connectivity index (χ2v) is 5.01. The zero-order valence-corrected chi connectivity index (χ0v) is 11.4. The van der Waals surface area contributed by atoms with Gasteiger partial charge >= 0.3 is 0 Å². The lowest BCUT2D eigenvalue weighted by molar-refractivity contribution is 0.990. The molecule has 0 atom stereocenters. The van der Waals surface area contributed by atoms with Crippen LogP contribution in [-0.4, -0.2) is 4.98 Å². The minimum absolute atomic E-state index is 0.597. The van der Waals surface area contributed by atoms with Gasteiger partial charge in [-0.2, -0.15) is 0 Å². The van der Waals surface area contributed by atoms with Gasteiger partial charge in [0.1, 0.15) is 5.82 Å². The quantitative estimate of drug-likeness (QED) is 0.856. The lowest BCUT2D eigenvalue weighted by Gasteiger charge is -2.16. The summed E-state index contributed by atoms with van der Waals surface area (Å²) in [5.74, 6) is 0.825. The van der Waals surface area contributed by atoms with Gasteiger partial charge in [0.15, 0.2) is 0 Å². The molecular formula is C13H14Cl2N2. The van der Waals surface area contributed by atoms with Gasteiger partial charge in [0.2, 0.25) is 0 Å². The van der Waals surface area contributed by atoms with Crippen molar-refractivity contribution in [3.8, 4) is 0 Å². The first kappa shape index (κ1) is 12.5. The SMILES string of the molecule is Cc1cnc(NC2=CCCC(Cl)=C2Cl)c(C)c1. The van der Waals surface area contributed by atoms with E-state index in [1.54, 1.807) is 0 Å². The molecule has 0 radical (unpaired) electrons. The fourth-order valence-corrected chi connectivity index (χ4v) is 2.20. The van der Waals surface area contributed by atoms with Crippen molar-refractivity contribution in [3.05, 3.63) is 45.2 Å². The van der Waals surface area contributed by atoms with Crippen LogP contribution in [0.1, 0.15) is 24.0 Å². The minimum Gasteiger partial charge on any atom is -0.339 e. The van der Waals surface area contributed by atoms with E-state index in [0.717, 1.165) is 35.5 Å². The number of allylic oxidation sites excluding steroid dienone is 3. The van der Waals surface area contributed by atoms with E-state index < -0.39 is 0 Å². The highest BCUT2D eigenvalue weighted by molar-refractivity contribution is 6.41. The number of hydrogen-bond donors (Lipinski definition) is 1. The smallest absolute Gasteiger partial charge is 0.133 e. The van der Waals surface area contributed by atoms with Gasteiger partial charge in [-0.1, -0.05) is 35.3 Å². The molecule has 1 heterocycles. The summed E-state index contributed by atoms with van der Waals surface area (Å²) in [4.78, 5) is 4.36. The normalized spacial score (nSPS) is 15.9. The van der Waals surface area contributed by atoms with Crippen LogP contribution in [0.15, 0.2) is 34.1 Å². The molecule has 1 N–H and O–H groups in total. The molecule has 2 nitrogen and oxygen atoms in total. The second-order valence-electron chi connectivity index (χ2n) is 4.18. The Morgan fingerprint density at radius 1 is 1.29 bits per heavy atom. The van der Waals surface area contributed by atoms with Gasteiger partial charge in [-0.25, -0.2) is 4.98 Å². The fraction of sp³-hybridized carbons (Fsp3) is 0.308. The van der Waals surface area contributed by atoms with Gasteiger partial charge in [-0.15, -0.1) is 0 Å². The van der Waals surface area contributed by atoms with Gasteiger partial charge in [-0.05, 0) is 37.8 Å². The number of aryl methyl sites for hydroxylation is 2. The molecular weight excluding hydrogens is 255 g/mol. The van der Waals surface area contributed by atoms with E-state index in [1.807, 2.05) is 20.0 Å². The van der Waals surface area contributed by atoms with Crippen molar-refractivity contribution in [2.45, 2.75) is 26.7 Å². The van der Waals surface area contributed by atoms with Crippen molar-refractivity contribution >= 4 is 29.0 Å². The molecule has 0 aliphatic heterocycles. The largest absolute Gasteiger partial charge is 0.339 e. The van der Waals surface area contributed by atoms with Crippen molar-refractivity contribution in [2.75, 3.05) is 5.32 Å². The lowest BCUT2D eigenvalue weighted by atomic mass is 10.1. The molecule has 1 aliphatic carbocycles. The van der Waals surface area contributed by atoms with Gasteiger partial charge in [0.25, 0.3) is 0 Å². The van der Waals surface area contributed by atoms with Crippen LogP contribution < -0.4 is 5.32 Å². The highest BCUT2D eigenvalue weighted by Gasteiger charge is 2.14. The Kier molecular flexibility index (Phi) is 3.75. The third-order valence-corrected chi connectivity index (χ3v) is 3.56. The van der Waals surface area contributed by atoms with Crippen LogP contribution in [0.4, 0.5) is 5.82 Å². The lowest BCUT2D eigenvalue weighted by Crippen LogP contribution is -2.07. The summed E-state index contributed by atoms with van der Waals surface area (Å²) in [6.07, 6.45) is 5.60. The predicted molar refractivity (Wildman–Crippen MR) is 73.4 cm³/mol. The number of nitrogens with zero attached hydrogens (tertiary/aromatic N) is 1. The summed E-state index contributed by atoms with van der Waals surface area (Å²) in [5, 5.41) is 4.54. The number of halogens is 2. The molecule has 0 aromatic carbocycles. The molecule has 0 spiro atoms. The minimum atomic E-state index is 0.597. The zero-order valence-electron chi connectivity index (χ0n) is 9.85. The number of pyridine rings is 1. The molecule has 1 aromatic heterocycles. The number of aromatic nitrogens is 1. The maximum Gasteiger partial charge on any atom is 0.133 e. The van der Waals surface area contributed by atoms with E-state index in [2.05, 4.69) is 22.4 Å². The van der Waals surface area contributed by atoms with Crippen molar-refractivity contribution in [1.29, 1.82) is 0 Å². The summed E-state index contributed by atoms with van der Waals surface area (Å²) in [6, 6.07) is 2.08. The van der Waals surface area contributed by atoms with Crippen LogP contribution in [-0.2, 0) is 0 Å². The second kappa shape index (κ2) is 5.11. The van der Waals surface area contributed by atoms with E-state index in [1.165, 1.54) is 0 Å². The number of rotatable bonds is 2. The molecule has 0 unspecified atom stereocenters. The predicted octanol–water partition coefficient (Wildman–Crippen LogP) is 4.48. The zero-order chi connectivity index (χ0) is 12.4. The molecule has 0 amide bonds. The summed E-state index contributed by atoms with van der Waals surface area (Å²) in [7, 11) is 0. The maximum absolute atomic E-state index is 6.16. The monoisotopic (exact) mass is 268 g/mol. The molecule has 1 aromatic rings. The summed E-state index contributed by atoms with van der Waals surface area (Å²) in [6.45, 7) is 4.04. The molecule has 0 saturated carbocycles. The first-order valence-electron chi connectivity index (χ1n) is 5.53. The fourth-order valence-electron chi connectivity index (χ4n) is 1.77. The molecule has 0 fully saturated rings. The van der Waals surface area contributed by atoms with Crippen molar-refractivity contribution in [3.63, 3.8) is 0 Å². The molecule has 0 bridgehead atoms. The third kappa shape index (κ3) is 2.82. The van der Waals surface area contributed by atoms with Crippen molar-refractivity contribution in [1.82, 2.24) is 4.98 Å². The molecule has 17 heavy (non-hydrogen) atoms. The van der Waals surface area contributed by atoms with Crippen LogP contribution in [0.25, 0.3) is 0 Å². The first-order chi connectivity index (χ1) is 8.08. The third-order valence-electron chi connectivity index (χ3n) is 2.65. The average Bonchev–Trinajstić information content (AvgIpc) is 2.28. The Morgan fingerprint density at radius 2 is 2.06 bits per heavy atom. The molecule has 2 rings (SSSR count). The Hall–Kier alpha value is -0.990. The Labute approximate surface area is 111 Å². The van der Waals surface area contributed by atoms with Gasteiger partial charge in [0.05, 0.1) is 10.7 Å². The van der Waals surface area contributed by atoms with Gasteiger partial charge in [-0.3, -0.25) is 0 Å². The summed E-state index contributed by atoms with van der Waals surface area (Å²) in [5.41, 5.74) is 3.09. The molecule has 0 saturated heterocycles. The Morgan fingerprint density at radius 3 is 2.76 bits per heavy atom. The van der Waals surface area contributed by atoms with Crippen LogP contribution in [0.2, 0.25) is 0 Å². The van der Waals surface area contributed by atoms with Crippen LogP contribution in [0.3, 0.4) is 0 Å². The van der Waals surface area contributed by atoms with E-state index in [4.69, 9.17) is 23.2 Å².